The number of rotatable bonds is 8. The van der Waals surface area contributed by atoms with Gasteiger partial charge in [0.25, 0.3) is 0 Å². The van der Waals surface area contributed by atoms with E-state index < -0.39 is 0 Å². The Bertz CT molecular complexity index is 460. The summed E-state index contributed by atoms with van der Waals surface area (Å²) in [6.07, 6.45) is 2.32. The van der Waals surface area contributed by atoms with E-state index in [0.717, 1.165) is 42.6 Å². The summed E-state index contributed by atoms with van der Waals surface area (Å²) < 4.78 is 0. The number of aliphatic imine (C=N–C) groups is 1. The molecule has 1 rings (SSSR count). The van der Waals surface area contributed by atoms with Gasteiger partial charge in [-0.05, 0) is 58.0 Å². The highest BCUT2D eigenvalue weighted by Crippen LogP contribution is 2.10. The molecular weight excluding hydrogens is 296 g/mol. The maximum Gasteiger partial charge on any atom is 0.191 e. The van der Waals surface area contributed by atoms with Crippen molar-refractivity contribution in [2.24, 2.45) is 4.99 Å². The minimum atomic E-state index is 0.611. The van der Waals surface area contributed by atoms with Crippen LogP contribution < -0.4 is 10.6 Å². The Labute approximate surface area is 140 Å². The molecule has 0 unspecified atom stereocenters. The van der Waals surface area contributed by atoms with Crippen molar-refractivity contribution in [2.45, 2.75) is 39.3 Å². The minimum Gasteiger partial charge on any atom is -0.356 e. The normalized spacial score (nSPS) is 12.0. The Kier molecular flexibility index (Phi) is 8.94. The molecule has 0 radical (unpaired) electrons. The second-order valence-corrected chi connectivity index (χ2v) is 6.20. The molecular formula is C17H29ClN4. The standard InChI is InChI=1S/C17H29ClN4/c1-14(2)22(4)11-6-5-10-20-17(19-3)21-13-15-8-7-9-16(18)12-15/h7-9,12,14H,5-6,10-11,13H2,1-4H3,(H2,19,20,21). The van der Waals surface area contributed by atoms with Crippen molar-refractivity contribution in [3.8, 4) is 0 Å². The number of hydrogen-bond acceptors (Lipinski definition) is 2. The Balaban J connectivity index is 2.20. The molecule has 0 fully saturated rings. The van der Waals surface area contributed by atoms with Crippen molar-refractivity contribution >= 4 is 17.6 Å². The quantitative estimate of drug-likeness (QED) is 0.438. The average molecular weight is 325 g/mol. The van der Waals surface area contributed by atoms with Gasteiger partial charge in [-0.3, -0.25) is 4.99 Å². The van der Waals surface area contributed by atoms with Crippen LogP contribution in [0.3, 0.4) is 0 Å². The summed E-state index contributed by atoms with van der Waals surface area (Å²) >= 11 is 5.98. The fourth-order valence-corrected chi connectivity index (χ4v) is 2.22. The first-order valence-corrected chi connectivity index (χ1v) is 8.30. The summed E-state index contributed by atoms with van der Waals surface area (Å²) in [4.78, 5) is 6.60. The van der Waals surface area contributed by atoms with E-state index in [1.165, 1.54) is 6.42 Å². The zero-order valence-electron chi connectivity index (χ0n) is 14.2. The third-order valence-electron chi connectivity index (χ3n) is 3.68. The van der Waals surface area contributed by atoms with E-state index >= 15 is 0 Å². The first kappa shape index (κ1) is 18.8. The Morgan fingerprint density at radius 2 is 2.05 bits per heavy atom. The molecule has 0 saturated carbocycles. The highest BCUT2D eigenvalue weighted by Gasteiger charge is 2.02. The second kappa shape index (κ2) is 10.5. The zero-order chi connectivity index (χ0) is 16.4. The van der Waals surface area contributed by atoms with E-state index in [0.29, 0.717) is 6.04 Å². The first-order chi connectivity index (χ1) is 10.5. The largest absolute Gasteiger partial charge is 0.356 e. The Morgan fingerprint density at radius 3 is 2.68 bits per heavy atom. The molecule has 5 heteroatoms. The van der Waals surface area contributed by atoms with Gasteiger partial charge >= 0.3 is 0 Å². The molecule has 0 amide bonds. The van der Waals surface area contributed by atoms with Gasteiger partial charge in [0, 0.05) is 31.2 Å². The van der Waals surface area contributed by atoms with Crippen molar-refractivity contribution in [3.05, 3.63) is 34.9 Å². The van der Waals surface area contributed by atoms with Crippen LogP contribution in [0.25, 0.3) is 0 Å². The first-order valence-electron chi connectivity index (χ1n) is 7.92. The summed E-state index contributed by atoms with van der Waals surface area (Å²) in [5.74, 6) is 0.831. The van der Waals surface area contributed by atoms with Crippen molar-refractivity contribution < 1.29 is 0 Å². The number of nitrogens with zero attached hydrogens (tertiary/aromatic N) is 2. The van der Waals surface area contributed by atoms with Gasteiger partial charge in [0.1, 0.15) is 0 Å². The molecule has 0 spiro atoms. The summed E-state index contributed by atoms with van der Waals surface area (Å²) in [5.41, 5.74) is 1.15. The van der Waals surface area contributed by atoms with Gasteiger partial charge in [0.2, 0.25) is 0 Å². The molecule has 0 aliphatic carbocycles. The third-order valence-corrected chi connectivity index (χ3v) is 3.92. The van der Waals surface area contributed by atoms with E-state index in [-0.39, 0.29) is 0 Å². The smallest absolute Gasteiger partial charge is 0.191 e. The van der Waals surface area contributed by atoms with Crippen LogP contribution in [0.5, 0.6) is 0 Å². The molecule has 0 aromatic heterocycles. The van der Waals surface area contributed by atoms with Gasteiger partial charge in [-0.15, -0.1) is 0 Å². The highest BCUT2D eigenvalue weighted by molar-refractivity contribution is 6.30. The van der Waals surface area contributed by atoms with Crippen LogP contribution >= 0.6 is 11.6 Å². The van der Waals surface area contributed by atoms with Crippen LogP contribution in [0, 0.1) is 0 Å². The van der Waals surface area contributed by atoms with Crippen LogP contribution in [0.1, 0.15) is 32.3 Å². The van der Waals surface area contributed by atoms with Crippen molar-refractivity contribution in [2.75, 3.05) is 27.2 Å². The molecule has 1 aromatic carbocycles. The van der Waals surface area contributed by atoms with Crippen molar-refractivity contribution in [1.29, 1.82) is 0 Å². The Hall–Kier alpha value is -1.26. The molecule has 0 aliphatic rings. The molecule has 0 heterocycles. The molecule has 22 heavy (non-hydrogen) atoms. The zero-order valence-corrected chi connectivity index (χ0v) is 15.0. The number of hydrogen-bond donors (Lipinski definition) is 2. The molecule has 0 atom stereocenters. The topological polar surface area (TPSA) is 39.7 Å². The number of guanidine groups is 1. The average Bonchev–Trinajstić information content (AvgIpc) is 2.49. The molecule has 2 N–H and O–H groups in total. The van der Waals surface area contributed by atoms with E-state index in [1.54, 1.807) is 7.05 Å². The predicted molar refractivity (Wildman–Crippen MR) is 96.7 cm³/mol. The number of unbranched alkanes of at least 4 members (excludes halogenated alkanes) is 1. The van der Waals surface area contributed by atoms with Crippen LogP contribution in [-0.4, -0.2) is 44.1 Å². The summed E-state index contributed by atoms with van der Waals surface area (Å²) in [5, 5.41) is 7.41. The fourth-order valence-electron chi connectivity index (χ4n) is 2.00. The van der Waals surface area contributed by atoms with Gasteiger partial charge in [0.05, 0.1) is 0 Å². The minimum absolute atomic E-state index is 0.611. The second-order valence-electron chi connectivity index (χ2n) is 5.76. The monoisotopic (exact) mass is 324 g/mol. The highest BCUT2D eigenvalue weighted by atomic mass is 35.5. The molecule has 0 bridgehead atoms. The molecule has 124 valence electrons. The van der Waals surface area contributed by atoms with E-state index in [2.05, 4.69) is 41.4 Å². The Morgan fingerprint density at radius 1 is 1.27 bits per heavy atom. The summed E-state index contributed by atoms with van der Waals surface area (Å²) in [7, 11) is 3.96. The third kappa shape index (κ3) is 7.66. The van der Waals surface area contributed by atoms with Gasteiger partial charge in [0.15, 0.2) is 5.96 Å². The number of benzene rings is 1. The van der Waals surface area contributed by atoms with Gasteiger partial charge < -0.3 is 15.5 Å². The fraction of sp³-hybridized carbons (Fsp3) is 0.588. The maximum atomic E-state index is 5.98. The van der Waals surface area contributed by atoms with E-state index in [4.69, 9.17) is 11.6 Å². The van der Waals surface area contributed by atoms with Gasteiger partial charge in [-0.2, -0.15) is 0 Å². The van der Waals surface area contributed by atoms with Gasteiger partial charge in [-0.25, -0.2) is 0 Å². The van der Waals surface area contributed by atoms with Crippen molar-refractivity contribution in [3.63, 3.8) is 0 Å². The maximum absolute atomic E-state index is 5.98. The lowest BCUT2D eigenvalue weighted by molar-refractivity contribution is 0.268. The van der Waals surface area contributed by atoms with Gasteiger partial charge in [-0.1, -0.05) is 23.7 Å². The van der Waals surface area contributed by atoms with Crippen LogP contribution in [0.2, 0.25) is 5.02 Å². The van der Waals surface area contributed by atoms with E-state index in [9.17, 15) is 0 Å². The van der Waals surface area contributed by atoms with Crippen LogP contribution in [0.4, 0.5) is 0 Å². The summed E-state index contributed by atoms with van der Waals surface area (Å²) in [6.45, 7) is 7.23. The van der Waals surface area contributed by atoms with E-state index in [1.807, 2.05) is 24.3 Å². The molecule has 1 aromatic rings. The number of halogens is 1. The molecule has 0 saturated heterocycles. The predicted octanol–water partition coefficient (Wildman–Crippen LogP) is 3.13. The van der Waals surface area contributed by atoms with Crippen LogP contribution in [0.15, 0.2) is 29.3 Å². The lowest BCUT2D eigenvalue weighted by Crippen LogP contribution is -2.37. The van der Waals surface area contributed by atoms with Crippen molar-refractivity contribution in [1.82, 2.24) is 15.5 Å². The lowest BCUT2D eigenvalue weighted by Gasteiger charge is -2.20. The molecule has 0 aliphatic heterocycles. The SMILES string of the molecule is CN=C(NCCCCN(C)C(C)C)NCc1cccc(Cl)c1. The van der Waals surface area contributed by atoms with Crippen LogP contribution in [-0.2, 0) is 6.54 Å². The number of nitrogens with one attached hydrogen (secondary N) is 2. The summed E-state index contributed by atoms with van der Waals surface area (Å²) in [6, 6.07) is 8.46. The molecule has 4 nitrogen and oxygen atoms in total. The lowest BCUT2D eigenvalue weighted by atomic mass is 10.2.